The van der Waals surface area contributed by atoms with E-state index in [1.54, 1.807) is 0 Å². The van der Waals surface area contributed by atoms with Crippen molar-refractivity contribution in [1.82, 2.24) is 4.31 Å². The number of benzene rings is 1. The Hall–Kier alpha value is -1.71. The summed E-state index contributed by atoms with van der Waals surface area (Å²) in [5, 5.41) is 11.1. The first-order valence-corrected chi connectivity index (χ1v) is 8.17. The average molecular weight is 330 g/mol. The zero-order chi connectivity index (χ0) is 16.5. The predicted molar refractivity (Wildman–Crippen MR) is 78.4 cm³/mol. The minimum Gasteiger partial charge on any atom is -0.497 e. The van der Waals surface area contributed by atoms with Gasteiger partial charge in [-0.1, -0.05) is 0 Å². The van der Waals surface area contributed by atoms with Crippen LogP contribution >= 0.6 is 0 Å². The molecular formula is C13H18N2O6S. The summed E-state index contributed by atoms with van der Waals surface area (Å²) in [5.74, 6) is 0.232. The molecule has 1 fully saturated rings. The van der Waals surface area contributed by atoms with Gasteiger partial charge in [-0.3, -0.25) is 10.1 Å². The molecule has 1 aromatic rings. The van der Waals surface area contributed by atoms with Crippen molar-refractivity contribution < 1.29 is 22.8 Å². The van der Waals surface area contributed by atoms with Crippen molar-refractivity contribution in [2.75, 3.05) is 20.2 Å². The van der Waals surface area contributed by atoms with Gasteiger partial charge in [0.25, 0.3) is 5.69 Å². The number of hydrogen-bond acceptors (Lipinski definition) is 6. The maximum atomic E-state index is 12.5. The van der Waals surface area contributed by atoms with Crippen molar-refractivity contribution >= 4 is 15.7 Å². The van der Waals surface area contributed by atoms with Crippen LogP contribution in [0.1, 0.15) is 13.8 Å². The molecule has 1 heterocycles. The fourth-order valence-corrected chi connectivity index (χ4v) is 3.83. The first-order valence-electron chi connectivity index (χ1n) is 6.73. The van der Waals surface area contributed by atoms with Gasteiger partial charge in [-0.15, -0.1) is 0 Å². The highest BCUT2D eigenvalue weighted by atomic mass is 32.2. The van der Waals surface area contributed by atoms with Crippen molar-refractivity contribution in [3.63, 3.8) is 0 Å². The number of nitro groups is 1. The molecule has 122 valence electrons. The normalized spacial score (nSPS) is 16.5. The van der Waals surface area contributed by atoms with Crippen LogP contribution in [0.15, 0.2) is 23.1 Å². The Morgan fingerprint density at radius 3 is 2.50 bits per heavy atom. The molecule has 0 amide bonds. The molecule has 0 bridgehead atoms. The van der Waals surface area contributed by atoms with Gasteiger partial charge in [0, 0.05) is 13.1 Å². The number of sulfonamides is 1. The van der Waals surface area contributed by atoms with Crippen LogP contribution in [-0.4, -0.2) is 50.1 Å². The summed E-state index contributed by atoms with van der Waals surface area (Å²) in [6.07, 6.45) is -0.169. The monoisotopic (exact) mass is 330 g/mol. The number of hydrogen-bond donors (Lipinski definition) is 0. The number of ether oxygens (including phenoxy) is 2. The topological polar surface area (TPSA) is 99.0 Å². The standard InChI is InChI=1S/C13H18N2O6S/c1-9(2)21-11-7-14(8-11)22(18,19)13-5-4-10(20-3)6-12(13)15(16)17/h4-6,9,11H,7-8H2,1-3H3. The maximum Gasteiger partial charge on any atom is 0.293 e. The fraction of sp³-hybridized carbons (Fsp3) is 0.538. The average Bonchev–Trinajstić information content (AvgIpc) is 2.41. The molecule has 1 aliphatic rings. The Kier molecular flexibility index (Phi) is 4.69. The molecule has 0 N–H and O–H groups in total. The summed E-state index contributed by atoms with van der Waals surface area (Å²) in [4.78, 5) is 10.1. The Morgan fingerprint density at radius 1 is 1.36 bits per heavy atom. The van der Waals surface area contributed by atoms with Crippen LogP contribution in [0.5, 0.6) is 5.75 Å². The highest BCUT2D eigenvalue weighted by Gasteiger charge is 2.40. The van der Waals surface area contributed by atoms with Gasteiger partial charge >= 0.3 is 0 Å². The molecule has 8 nitrogen and oxygen atoms in total. The third-order valence-electron chi connectivity index (χ3n) is 3.26. The van der Waals surface area contributed by atoms with Gasteiger partial charge in [0.15, 0.2) is 4.90 Å². The molecule has 1 aliphatic heterocycles. The van der Waals surface area contributed by atoms with Crippen LogP contribution < -0.4 is 4.74 Å². The van der Waals surface area contributed by atoms with Crippen LogP contribution in [0, 0.1) is 10.1 Å². The third kappa shape index (κ3) is 3.21. The molecule has 0 unspecified atom stereocenters. The van der Waals surface area contributed by atoms with E-state index in [1.165, 1.54) is 23.5 Å². The molecule has 0 atom stereocenters. The Balaban J connectivity index is 2.26. The molecule has 9 heteroatoms. The van der Waals surface area contributed by atoms with E-state index >= 15 is 0 Å². The van der Waals surface area contributed by atoms with Crippen molar-refractivity contribution in [3.8, 4) is 5.75 Å². The smallest absolute Gasteiger partial charge is 0.293 e. The van der Waals surface area contributed by atoms with Crippen LogP contribution in [0.2, 0.25) is 0 Å². The number of nitro benzene ring substituents is 1. The number of rotatable bonds is 6. The largest absolute Gasteiger partial charge is 0.497 e. The molecule has 1 saturated heterocycles. The second-order valence-electron chi connectivity index (χ2n) is 5.22. The summed E-state index contributed by atoms with van der Waals surface area (Å²) in [7, 11) is -2.56. The summed E-state index contributed by atoms with van der Waals surface area (Å²) >= 11 is 0. The van der Waals surface area contributed by atoms with Crippen molar-refractivity contribution in [1.29, 1.82) is 0 Å². The fourth-order valence-electron chi connectivity index (χ4n) is 2.19. The van der Waals surface area contributed by atoms with E-state index in [2.05, 4.69) is 0 Å². The van der Waals surface area contributed by atoms with Gasteiger partial charge in [-0.05, 0) is 26.0 Å². The lowest BCUT2D eigenvalue weighted by molar-refractivity contribution is -0.388. The lowest BCUT2D eigenvalue weighted by Crippen LogP contribution is -2.55. The molecule has 1 aromatic carbocycles. The van der Waals surface area contributed by atoms with Crippen molar-refractivity contribution in [2.24, 2.45) is 0 Å². The van der Waals surface area contributed by atoms with Crippen LogP contribution in [-0.2, 0) is 14.8 Å². The van der Waals surface area contributed by atoms with E-state index in [1.807, 2.05) is 13.8 Å². The summed E-state index contributed by atoms with van der Waals surface area (Å²) < 4.78 is 36.6. The van der Waals surface area contributed by atoms with Crippen LogP contribution in [0.3, 0.4) is 0 Å². The molecule has 22 heavy (non-hydrogen) atoms. The van der Waals surface area contributed by atoms with Crippen molar-refractivity contribution in [2.45, 2.75) is 31.0 Å². The number of nitrogens with zero attached hydrogens (tertiary/aromatic N) is 2. The first kappa shape index (κ1) is 16.7. The van der Waals surface area contributed by atoms with Gasteiger partial charge < -0.3 is 9.47 Å². The van der Waals surface area contributed by atoms with E-state index in [4.69, 9.17) is 9.47 Å². The lowest BCUT2D eigenvalue weighted by Gasteiger charge is -2.38. The molecule has 0 spiro atoms. The second-order valence-corrected chi connectivity index (χ2v) is 7.13. The minimum absolute atomic E-state index is 0.00479. The summed E-state index contributed by atoms with van der Waals surface area (Å²) in [5.41, 5.74) is -0.493. The molecule has 0 aromatic heterocycles. The Labute approximate surface area is 128 Å². The Bertz CT molecular complexity index is 667. The van der Waals surface area contributed by atoms with Crippen LogP contribution in [0.25, 0.3) is 0 Å². The highest BCUT2D eigenvalue weighted by Crippen LogP contribution is 2.32. The molecule has 0 saturated carbocycles. The minimum atomic E-state index is -3.92. The van der Waals surface area contributed by atoms with E-state index in [0.717, 1.165) is 6.07 Å². The van der Waals surface area contributed by atoms with E-state index < -0.39 is 20.6 Å². The van der Waals surface area contributed by atoms with Gasteiger partial charge in [0.1, 0.15) is 5.75 Å². The zero-order valence-electron chi connectivity index (χ0n) is 12.6. The zero-order valence-corrected chi connectivity index (χ0v) is 13.4. The molecule has 0 radical (unpaired) electrons. The molecule has 0 aliphatic carbocycles. The lowest BCUT2D eigenvalue weighted by atomic mass is 10.2. The Morgan fingerprint density at radius 2 is 2.00 bits per heavy atom. The van der Waals surface area contributed by atoms with Gasteiger partial charge in [-0.2, -0.15) is 4.31 Å². The van der Waals surface area contributed by atoms with E-state index in [9.17, 15) is 18.5 Å². The maximum absolute atomic E-state index is 12.5. The third-order valence-corrected chi connectivity index (χ3v) is 5.14. The first-order chi connectivity index (χ1) is 10.3. The van der Waals surface area contributed by atoms with Crippen LogP contribution in [0.4, 0.5) is 5.69 Å². The van der Waals surface area contributed by atoms with E-state index in [-0.39, 0.29) is 35.9 Å². The van der Waals surface area contributed by atoms with Gasteiger partial charge in [-0.25, -0.2) is 8.42 Å². The van der Waals surface area contributed by atoms with Crippen molar-refractivity contribution in [3.05, 3.63) is 28.3 Å². The summed E-state index contributed by atoms with van der Waals surface area (Å²) in [6.45, 7) is 4.13. The molecule has 2 rings (SSSR count). The summed E-state index contributed by atoms with van der Waals surface area (Å²) in [6, 6.07) is 3.69. The van der Waals surface area contributed by atoms with Gasteiger partial charge in [0.2, 0.25) is 10.0 Å². The quantitative estimate of drug-likeness (QED) is 0.577. The molecular weight excluding hydrogens is 312 g/mol. The highest BCUT2D eigenvalue weighted by molar-refractivity contribution is 7.89. The second kappa shape index (κ2) is 6.19. The van der Waals surface area contributed by atoms with E-state index in [0.29, 0.717) is 0 Å². The predicted octanol–water partition coefficient (Wildman–Crippen LogP) is 1.40. The number of methoxy groups -OCH3 is 1. The van der Waals surface area contributed by atoms with Gasteiger partial charge in [0.05, 0.1) is 30.3 Å². The SMILES string of the molecule is COc1ccc(S(=O)(=O)N2CC(OC(C)C)C2)c([N+](=O)[O-])c1.